The van der Waals surface area contributed by atoms with E-state index in [1.807, 2.05) is 0 Å². The fourth-order valence-electron chi connectivity index (χ4n) is 4.13. The zero-order valence-corrected chi connectivity index (χ0v) is 23.5. The summed E-state index contributed by atoms with van der Waals surface area (Å²) in [5, 5.41) is 17.6. The van der Waals surface area contributed by atoms with Gasteiger partial charge in [-0.2, -0.15) is 0 Å². The van der Waals surface area contributed by atoms with Crippen LogP contribution < -0.4 is 38.9 Å². The lowest BCUT2D eigenvalue weighted by atomic mass is 10.0. The molecule has 0 aliphatic rings. The Hall–Kier alpha value is -4.50. The first-order chi connectivity index (χ1) is 20.1. The number of carbonyl (C=O) groups excluding carboxylic acids is 3. The minimum Gasteiger partial charge on any atom is -0.480 e. The summed E-state index contributed by atoms with van der Waals surface area (Å²) >= 11 is 0. The molecule has 0 spiro atoms. The van der Waals surface area contributed by atoms with Crippen molar-refractivity contribution in [3.05, 3.63) is 54.1 Å². The van der Waals surface area contributed by atoms with Crippen LogP contribution in [0.25, 0.3) is 0 Å². The molecule has 2 aromatic rings. The third-order valence-corrected chi connectivity index (χ3v) is 6.39. The van der Waals surface area contributed by atoms with E-state index >= 15 is 0 Å². The lowest BCUT2D eigenvalue weighted by Gasteiger charge is -2.25. The molecule has 230 valence electrons. The van der Waals surface area contributed by atoms with Crippen molar-refractivity contribution < 1.29 is 24.3 Å². The number of hydrogen-bond donors (Lipinski definition) is 9. The van der Waals surface area contributed by atoms with Crippen molar-refractivity contribution in [3.63, 3.8) is 0 Å². The molecule has 0 fully saturated rings. The second-order valence-corrected chi connectivity index (χ2v) is 9.83. The van der Waals surface area contributed by atoms with E-state index in [1.54, 1.807) is 36.5 Å². The highest BCUT2D eigenvalue weighted by Gasteiger charge is 2.30. The Labute approximate surface area is 244 Å². The number of rotatable bonds is 19. The van der Waals surface area contributed by atoms with Gasteiger partial charge in [0.05, 0.1) is 12.4 Å². The molecule has 0 aliphatic carbocycles. The molecule has 1 aromatic heterocycles. The molecule has 4 unspecified atom stereocenters. The number of benzene rings is 1. The van der Waals surface area contributed by atoms with Crippen LogP contribution in [0.5, 0.6) is 0 Å². The van der Waals surface area contributed by atoms with E-state index < -0.39 is 47.9 Å². The molecular formula is C27H42N10O5. The summed E-state index contributed by atoms with van der Waals surface area (Å²) in [7, 11) is 0. The van der Waals surface area contributed by atoms with E-state index in [4.69, 9.17) is 22.9 Å². The van der Waals surface area contributed by atoms with Crippen LogP contribution in [0, 0.1) is 0 Å². The molecule has 1 aromatic carbocycles. The number of guanidine groups is 1. The van der Waals surface area contributed by atoms with Gasteiger partial charge in [0.2, 0.25) is 17.7 Å². The second kappa shape index (κ2) is 18.0. The molecule has 15 nitrogen and oxygen atoms in total. The van der Waals surface area contributed by atoms with Crippen LogP contribution in [-0.2, 0) is 32.0 Å². The van der Waals surface area contributed by atoms with E-state index in [9.17, 15) is 24.3 Å². The third kappa shape index (κ3) is 12.3. The maximum Gasteiger partial charge on any atom is 0.326 e. The molecule has 42 heavy (non-hydrogen) atoms. The highest BCUT2D eigenvalue weighted by molar-refractivity contribution is 5.94. The SMILES string of the molecule is NCCCCC(NC(=O)C(CCCN=C(N)N)NC(=O)C(N)Cc1cnc[nH]1)C(=O)NC(Cc1ccccc1)C(=O)O. The number of H-pyrrole nitrogens is 1. The Kier molecular flexibility index (Phi) is 14.5. The Morgan fingerprint density at radius 1 is 0.881 bits per heavy atom. The fourth-order valence-corrected chi connectivity index (χ4v) is 4.13. The number of imidazole rings is 1. The summed E-state index contributed by atoms with van der Waals surface area (Å²) in [6.45, 7) is 0.591. The van der Waals surface area contributed by atoms with Gasteiger partial charge < -0.3 is 49.0 Å². The largest absolute Gasteiger partial charge is 0.480 e. The maximum absolute atomic E-state index is 13.4. The van der Waals surface area contributed by atoms with Crippen LogP contribution in [0.4, 0.5) is 0 Å². The summed E-state index contributed by atoms with van der Waals surface area (Å²) < 4.78 is 0. The van der Waals surface area contributed by atoms with Crippen molar-refractivity contribution in [2.75, 3.05) is 13.1 Å². The number of nitrogens with one attached hydrogen (secondary N) is 4. The normalized spacial score (nSPS) is 13.7. The van der Waals surface area contributed by atoms with Crippen LogP contribution in [0.2, 0.25) is 0 Å². The van der Waals surface area contributed by atoms with Crippen molar-refractivity contribution in [1.29, 1.82) is 0 Å². The molecule has 3 amide bonds. The number of amides is 3. The lowest BCUT2D eigenvalue weighted by molar-refractivity contribution is -0.142. The summed E-state index contributed by atoms with van der Waals surface area (Å²) in [4.78, 5) is 62.2. The number of aromatic nitrogens is 2. The first kappa shape index (κ1) is 33.7. The Bertz CT molecular complexity index is 1160. The number of carboxylic acids is 1. The van der Waals surface area contributed by atoms with Gasteiger partial charge in [0, 0.05) is 31.3 Å². The van der Waals surface area contributed by atoms with Gasteiger partial charge in [-0.05, 0) is 44.2 Å². The molecule has 4 atom stereocenters. The quantitative estimate of drug-likeness (QED) is 0.0508. The van der Waals surface area contributed by atoms with Crippen molar-refractivity contribution in [3.8, 4) is 0 Å². The van der Waals surface area contributed by atoms with Gasteiger partial charge in [-0.15, -0.1) is 0 Å². The number of nitrogens with two attached hydrogens (primary N) is 4. The molecule has 0 aliphatic heterocycles. The van der Waals surface area contributed by atoms with Gasteiger partial charge in [-0.25, -0.2) is 9.78 Å². The van der Waals surface area contributed by atoms with Gasteiger partial charge >= 0.3 is 5.97 Å². The standard InChI is InChI=1S/C27H42N10O5/c28-11-5-4-9-20(25(40)37-22(26(41)42)13-17-7-2-1-3-8-17)36-24(39)21(10-6-12-33-27(30)31)35-23(38)19(29)14-18-15-32-16-34-18/h1-3,7-8,15-16,19-22H,4-6,9-14,28-29H2,(H,32,34)(H,35,38)(H,36,39)(H,37,40)(H,41,42)(H4,30,31,33). The summed E-state index contributed by atoms with van der Waals surface area (Å²) in [5.41, 5.74) is 23.8. The fraction of sp³-hybridized carbons (Fsp3) is 0.481. The number of aliphatic imine (C=N–C) groups is 1. The topological polar surface area (TPSA) is 270 Å². The smallest absolute Gasteiger partial charge is 0.326 e. The van der Waals surface area contributed by atoms with Crippen molar-refractivity contribution in [2.24, 2.45) is 27.9 Å². The minimum atomic E-state index is -1.22. The summed E-state index contributed by atoms with van der Waals surface area (Å²) in [6, 6.07) is 4.53. The molecule has 2 rings (SSSR count). The van der Waals surface area contributed by atoms with Gasteiger partial charge in [-0.1, -0.05) is 30.3 Å². The minimum absolute atomic E-state index is 0.0586. The van der Waals surface area contributed by atoms with E-state index in [1.165, 1.54) is 6.33 Å². The van der Waals surface area contributed by atoms with E-state index in [0.717, 1.165) is 5.56 Å². The van der Waals surface area contributed by atoms with Crippen LogP contribution in [0.15, 0.2) is 47.8 Å². The average molecular weight is 587 g/mol. The van der Waals surface area contributed by atoms with Crippen molar-refractivity contribution in [2.45, 2.75) is 69.1 Å². The molecule has 1 heterocycles. The molecule has 0 radical (unpaired) electrons. The zero-order valence-electron chi connectivity index (χ0n) is 23.5. The molecule has 0 bridgehead atoms. The highest BCUT2D eigenvalue weighted by Crippen LogP contribution is 2.08. The first-order valence-electron chi connectivity index (χ1n) is 13.8. The molecular weight excluding hydrogens is 544 g/mol. The second-order valence-electron chi connectivity index (χ2n) is 9.83. The number of hydrogen-bond acceptors (Lipinski definition) is 8. The molecule has 15 heteroatoms. The Balaban J connectivity index is 2.15. The highest BCUT2D eigenvalue weighted by atomic mass is 16.4. The lowest BCUT2D eigenvalue weighted by Crippen LogP contribution is -2.57. The van der Waals surface area contributed by atoms with Crippen LogP contribution in [-0.4, -0.2) is 82.0 Å². The van der Waals surface area contributed by atoms with Crippen molar-refractivity contribution in [1.82, 2.24) is 25.9 Å². The number of unbranched alkanes of at least 4 members (excludes halogenated alkanes) is 1. The van der Waals surface area contributed by atoms with Crippen LogP contribution >= 0.6 is 0 Å². The first-order valence-corrected chi connectivity index (χ1v) is 13.8. The van der Waals surface area contributed by atoms with Gasteiger partial charge in [0.1, 0.15) is 18.1 Å². The van der Waals surface area contributed by atoms with E-state index in [0.29, 0.717) is 31.5 Å². The third-order valence-electron chi connectivity index (χ3n) is 6.39. The predicted octanol–water partition coefficient (Wildman–Crippen LogP) is -1.76. The summed E-state index contributed by atoms with van der Waals surface area (Å²) in [6.07, 6.45) is 5.01. The van der Waals surface area contributed by atoms with E-state index in [-0.39, 0.29) is 38.2 Å². The molecule has 0 saturated heterocycles. The van der Waals surface area contributed by atoms with Gasteiger partial charge in [-0.3, -0.25) is 19.4 Å². The molecule has 13 N–H and O–H groups in total. The average Bonchev–Trinajstić information content (AvgIpc) is 3.47. The Morgan fingerprint density at radius 3 is 2.07 bits per heavy atom. The van der Waals surface area contributed by atoms with Crippen LogP contribution in [0.3, 0.4) is 0 Å². The van der Waals surface area contributed by atoms with Gasteiger partial charge in [0.15, 0.2) is 5.96 Å². The number of aliphatic carboxylic acids is 1. The zero-order chi connectivity index (χ0) is 30.9. The Morgan fingerprint density at radius 2 is 1.50 bits per heavy atom. The van der Waals surface area contributed by atoms with E-state index in [2.05, 4.69) is 30.9 Å². The monoisotopic (exact) mass is 586 g/mol. The number of aromatic amines is 1. The van der Waals surface area contributed by atoms with Crippen LogP contribution in [0.1, 0.15) is 43.4 Å². The van der Waals surface area contributed by atoms with Gasteiger partial charge in [0.25, 0.3) is 0 Å². The maximum atomic E-state index is 13.4. The van der Waals surface area contributed by atoms with Crippen molar-refractivity contribution >= 4 is 29.7 Å². The summed E-state index contributed by atoms with van der Waals surface area (Å²) in [5.74, 6) is -3.20. The molecule has 0 saturated carbocycles. The number of carboxylic acid groups (broad SMARTS) is 1. The predicted molar refractivity (Wildman–Crippen MR) is 157 cm³/mol. The number of nitrogens with zero attached hydrogens (tertiary/aromatic N) is 2. The number of carbonyl (C=O) groups is 4.